The molecule has 0 saturated heterocycles. The first-order chi connectivity index (χ1) is 12.2. The Kier molecular flexibility index (Phi) is 4.66. The van der Waals surface area contributed by atoms with E-state index in [9.17, 15) is 21.6 Å². The molecular weight excluding hydrogens is 363 g/mol. The lowest BCUT2D eigenvalue weighted by Gasteiger charge is -2.17. The molecule has 0 aliphatic carbocycles. The van der Waals surface area contributed by atoms with E-state index in [1.165, 1.54) is 10.8 Å². The molecule has 0 bridgehead atoms. The van der Waals surface area contributed by atoms with Gasteiger partial charge in [0.1, 0.15) is 5.25 Å². The molecule has 0 aliphatic heterocycles. The zero-order valence-electron chi connectivity index (χ0n) is 13.8. The Bertz CT molecular complexity index is 1010. The maximum absolute atomic E-state index is 12.8. The van der Waals surface area contributed by atoms with Crippen molar-refractivity contribution in [3.05, 3.63) is 89.7 Å². The molecule has 1 heterocycles. The Labute approximate surface area is 149 Å². The smallest absolute Gasteiger partial charge is 0.323 e. The molecule has 26 heavy (non-hydrogen) atoms. The topological polar surface area (TPSA) is 39.1 Å². The predicted octanol–water partition coefficient (Wildman–Crippen LogP) is 4.63. The highest BCUT2D eigenvalue weighted by Crippen LogP contribution is 2.32. The molecule has 0 spiro atoms. The molecule has 0 fully saturated rings. The van der Waals surface area contributed by atoms with E-state index in [-0.39, 0.29) is 0 Å². The molecule has 7 heteroatoms. The summed E-state index contributed by atoms with van der Waals surface area (Å²) in [6.45, 7) is 0. The van der Waals surface area contributed by atoms with E-state index in [4.69, 9.17) is 0 Å². The molecule has 1 aromatic heterocycles. The van der Waals surface area contributed by atoms with Crippen LogP contribution in [-0.2, 0) is 16.0 Å². The number of alkyl halides is 3. The van der Waals surface area contributed by atoms with Crippen molar-refractivity contribution in [1.29, 1.82) is 0 Å². The molecule has 1 unspecified atom stereocenters. The van der Waals surface area contributed by atoms with E-state index in [0.29, 0.717) is 16.8 Å². The monoisotopic (exact) mass is 379 g/mol. The Morgan fingerprint density at radius 1 is 0.923 bits per heavy atom. The quantitative estimate of drug-likeness (QED) is 0.663. The van der Waals surface area contributed by atoms with E-state index < -0.39 is 26.8 Å². The van der Waals surface area contributed by atoms with Gasteiger partial charge in [-0.1, -0.05) is 42.5 Å². The highest BCUT2D eigenvalue weighted by molar-refractivity contribution is 7.91. The summed E-state index contributed by atoms with van der Waals surface area (Å²) >= 11 is 0. The first-order valence-corrected chi connectivity index (χ1v) is 9.71. The third-order valence-electron chi connectivity index (χ3n) is 4.02. The lowest BCUT2D eigenvalue weighted by Crippen LogP contribution is -2.13. The van der Waals surface area contributed by atoms with E-state index in [1.807, 2.05) is 0 Å². The van der Waals surface area contributed by atoms with Crippen molar-refractivity contribution in [2.45, 2.75) is 11.4 Å². The summed E-state index contributed by atoms with van der Waals surface area (Å²) in [7, 11) is -3.48. The Hall–Kier alpha value is -2.54. The van der Waals surface area contributed by atoms with Crippen molar-refractivity contribution in [2.24, 2.45) is 0 Å². The summed E-state index contributed by atoms with van der Waals surface area (Å²) in [5.74, 6) is 0. The summed E-state index contributed by atoms with van der Waals surface area (Å²) in [6, 6.07) is 16.2. The zero-order valence-corrected chi connectivity index (χ0v) is 14.6. The van der Waals surface area contributed by atoms with Crippen molar-refractivity contribution < 1.29 is 21.6 Å². The Morgan fingerprint density at radius 2 is 1.58 bits per heavy atom. The number of nitrogens with zero attached hydrogens (tertiary/aromatic N) is 1. The third kappa shape index (κ3) is 3.83. The van der Waals surface area contributed by atoms with Crippen molar-refractivity contribution in [3.63, 3.8) is 0 Å². The number of halogens is 3. The van der Waals surface area contributed by atoms with Crippen LogP contribution >= 0.6 is 0 Å². The number of benzene rings is 2. The summed E-state index contributed by atoms with van der Waals surface area (Å²) in [5.41, 5.74) is 0.808. The van der Waals surface area contributed by atoms with E-state index in [0.717, 1.165) is 18.5 Å². The minimum absolute atomic E-state index is 0.461. The number of aromatic nitrogens is 1. The fraction of sp³-hybridized carbons (Fsp3) is 0.158. The molecular formula is C19H16F3NO2S. The fourth-order valence-corrected chi connectivity index (χ4v) is 4.18. The van der Waals surface area contributed by atoms with E-state index in [1.54, 1.807) is 54.6 Å². The Balaban J connectivity index is 2.07. The lowest BCUT2D eigenvalue weighted by atomic mass is 10.0. The van der Waals surface area contributed by atoms with E-state index in [2.05, 4.69) is 0 Å². The third-order valence-corrected chi connectivity index (χ3v) is 5.42. The number of hydrogen-bond acceptors (Lipinski definition) is 2. The highest BCUT2D eigenvalue weighted by Gasteiger charge is 2.31. The van der Waals surface area contributed by atoms with Crippen LogP contribution in [-0.4, -0.2) is 19.2 Å². The zero-order chi connectivity index (χ0) is 18.9. The Morgan fingerprint density at radius 3 is 2.15 bits per heavy atom. The van der Waals surface area contributed by atoms with Gasteiger partial charge in [0, 0.05) is 24.3 Å². The molecule has 0 radical (unpaired) electrons. The van der Waals surface area contributed by atoms with Gasteiger partial charge in [-0.3, -0.25) is 0 Å². The second-order valence-electron chi connectivity index (χ2n) is 6.02. The number of sulfone groups is 1. The molecule has 3 nitrogen and oxygen atoms in total. The van der Waals surface area contributed by atoms with Gasteiger partial charge in [-0.25, -0.2) is 8.42 Å². The largest absolute Gasteiger partial charge is 0.417 e. The minimum Gasteiger partial charge on any atom is -0.323 e. The maximum Gasteiger partial charge on any atom is 0.417 e. The molecule has 136 valence electrons. The van der Waals surface area contributed by atoms with Crippen LogP contribution in [0.15, 0.2) is 73.1 Å². The molecule has 3 aromatic rings. The van der Waals surface area contributed by atoms with Crippen LogP contribution in [0.3, 0.4) is 0 Å². The average molecular weight is 379 g/mol. The normalized spacial score (nSPS) is 13.5. The minimum atomic E-state index is -4.43. The molecule has 3 rings (SSSR count). The van der Waals surface area contributed by atoms with Crippen molar-refractivity contribution in [1.82, 2.24) is 4.57 Å². The fourth-order valence-electron chi connectivity index (χ4n) is 2.89. The van der Waals surface area contributed by atoms with Crippen LogP contribution < -0.4 is 0 Å². The second kappa shape index (κ2) is 6.64. The molecule has 0 aliphatic rings. The van der Waals surface area contributed by atoms with Crippen molar-refractivity contribution >= 4 is 9.84 Å². The summed E-state index contributed by atoms with van der Waals surface area (Å²) < 4.78 is 64.5. The van der Waals surface area contributed by atoms with Gasteiger partial charge in [-0.15, -0.1) is 0 Å². The van der Waals surface area contributed by atoms with Crippen molar-refractivity contribution in [3.8, 4) is 5.69 Å². The summed E-state index contributed by atoms with van der Waals surface area (Å²) in [6.07, 6.45) is -0.992. The van der Waals surface area contributed by atoms with Crippen LogP contribution in [0.4, 0.5) is 13.2 Å². The van der Waals surface area contributed by atoms with Gasteiger partial charge in [-0.05, 0) is 29.3 Å². The van der Waals surface area contributed by atoms with Gasteiger partial charge in [0.05, 0.1) is 5.56 Å². The van der Waals surface area contributed by atoms with Crippen LogP contribution in [0.25, 0.3) is 5.69 Å². The summed E-state index contributed by atoms with van der Waals surface area (Å²) in [4.78, 5) is 0. The van der Waals surface area contributed by atoms with Crippen molar-refractivity contribution in [2.75, 3.05) is 6.26 Å². The average Bonchev–Trinajstić information content (AvgIpc) is 3.05. The highest BCUT2D eigenvalue weighted by atomic mass is 32.2. The first-order valence-electron chi connectivity index (χ1n) is 7.75. The van der Waals surface area contributed by atoms with Crippen LogP contribution in [0.2, 0.25) is 0 Å². The molecule has 0 saturated carbocycles. The van der Waals surface area contributed by atoms with Gasteiger partial charge in [0.2, 0.25) is 0 Å². The number of rotatable bonds is 4. The molecule has 0 amide bonds. The predicted molar refractivity (Wildman–Crippen MR) is 93.9 cm³/mol. The maximum atomic E-state index is 12.8. The van der Waals surface area contributed by atoms with Crippen LogP contribution in [0.1, 0.15) is 21.9 Å². The lowest BCUT2D eigenvalue weighted by molar-refractivity contribution is -0.137. The van der Waals surface area contributed by atoms with Gasteiger partial charge < -0.3 is 4.57 Å². The molecule has 2 aromatic carbocycles. The molecule has 0 N–H and O–H groups in total. The van der Waals surface area contributed by atoms with Gasteiger partial charge in [-0.2, -0.15) is 13.2 Å². The van der Waals surface area contributed by atoms with Gasteiger partial charge in [0.25, 0.3) is 0 Å². The van der Waals surface area contributed by atoms with Gasteiger partial charge in [0.15, 0.2) is 9.84 Å². The molecule has 1 atom stereocenters. The van der Waals surface area contributed by atoms with E-state index >= 15 is 0 Å². The SMILES string of the molecule is CS(=O)(=O)C(c1ccccc1)c1cccc(-n2ccc(C(F)(F)F)c2)c1. The van der Waals surface area contributed by atoms with Crippen LogP contribution in [0.5, 0.6) is 0 Å². The standard InChI is InChI=1S/C19H16F3NO2S/c1-26(24,25)18(14-6-3-2-4-7-14)15-8-5-9-17(12-15)23-11-10-16(13-23)19(20,21)22/h2-13,18H,1H3. The van der Waals surface area contributed by atoms with Crippen LogP contribution in [0, 0.1) is 0 Å². The van der Waals surface area contributed by atoms with Gasteiger partial charge >= 0.3 is 6.18 Å². The first kappa shape index (κ1) is 18.3. The second-order valence-corrected chi connectivity index (χ2v) is 8.15. The summed E-state index contributed by atoms with van der Waals surface area (Å²) in [5, 5.41) is -0.888. The number of hydrogen-bond donors (Lipinski definition) is 0.